The van der Waals surface area contributed by atoms with Crippen molar-refractivity contribution in [2.45, 2.75) is 27.2 Å². The van der Waals surface area contributed by atoms with E-state index in [1.165, 1.54) is 0 Å². The van der Waals surface area contributed by atoms with Gasteiger partial charge in [0.1, 0.15) is 0 Å². The third-order valence-corrected chi connectivity index (χ3v) is 2.01. The largest absolute Gasteiger partial charge is 0.296 e. The summed E-state index contributed by atoms with van der Waals surface area (Å²) in [6, 6.07) is 0. The molecule has 3 nitrogen and oxygen atoms in total. The molecule has 1 aliphatic heterocycles. The zero-order valence-corrected chi connectivity index (χ0v) is 7.10. The van der Waals surface area contributed by atoms with Crippen LogP contribution in [0, 0.1) is 11.3 Å². The van der Waals surface area contributed by atoms with Crippen LogP contribution >= 0.6 is 0 Å². The lowest BCUT2D eigenvalue weighted by atomic mass is 9.80. The minimum absolute atomic E-state index is 0.101. The van der Waals surface area contributed by atoms with Crippen LogP contribution in [0.5, 0.6) is 0 Å². The van der Waals surface area contributed by atoms with Crippen molar-refractivity contribution in [3.05, 3.63) is 0 Å². The van der Waals surface area contributed by atoms with Gasteiger partial charge in [-0.25, -0.2) is 0 Å². The summed E-state index contributed by atoms with van der Waals surface area (Å²) in [6.07, 6.45) is 0.350. The molecule has 62 valence electrons. The molecule has 0 aliphatic carbocycles. The van der Waals surface area contributed by atoms with Crippen molar-refractivity contribution in [1.29, 1.82) is 0 Å². The smallest absolute Gasteiger partial charge is 0.230 e. The Morgan fingerprint density at radius 2 is 1.91 bits per heavy atom. The highest BCUT2D eigenvalue weighted by Gasteiger charge is 2.38. The van der Waals surface area contributed by atoms with Gasteiger partial charge in [-0.15, -0.1) is 0 Å². The van der Waals surface area contributed by atoms with E-state index >= 15 is 0 Å². The molecule has 0 aromatic heterocycles. The Kier molecular flexibility index (Phi) is 1.74. The summed E-state index contributed by atoms with van der Waals surface area (Å²) in [5, 5.41) is 2.30. The zero-order chi connectivity index (χ0) is 8.65. The average Bonchev–Trinajstić information content (AvgIpc) is 2.08. The van der Waals surface area contributed by atoms with Gasteiger partial charge in [0.15, 0.2) is 0 Å². The van der Waals surface area contributed by atoms with Gasteiger partial charge in [0.2, 0.25) is 11.8 Å². The second-order valence-corrected chi connectivity index (χ2v) is 4.04. The van der Waals surface area contributed by atoms with Crippen molar-refractivity contribution in [2.24, 2.45) is 11.3 Å². The van der Waals surface area contributed by atoms with E-state index in [1.54, 1.807) is 0 Å². The quantitative estimate of drug-likeness (QED) is 0.523. The Balaban J connectivity index is 2.76. The standard InChI is InChI=1S/C8H13NO2/c1-8(2,3)5-4-6(10)9-7(5)11/h5H,4H2,1-3H3,(H,9,10,11). The highest BCUT2D eigenvalue weighted by Crippen LogP contribution is 2.31. The molecule has 1 N–H and O–H groups in total. The summed E-state index contributed by atoms with van der Waals surface area (Å²) in [5.41, 5.74) is -0.101. The Morgan fingerprint density at radius 3 is 2.09 bits per heavy atom. The van der Waals surface area contributed by atoms with Gasteiger partial charge < -0.3 is 0 Å². The Hall–Kier alpha value is -0.860. The second kappa shape index (κ2) is 2.32. The maximum Gasteiger partial charge on any atom is 0.230 e. The number of nitrogens with one attached hydrogen (secondary N) is 1. The van der Waals surface area contributed by atoms with Crippen LogP contribution in [-0.4, -0.2) is 11.8 Å². The van der Waals surface area contributed by atoms with Crippen molar-refractivity contribution in [3.63, 3.8) is 0 Å². The fraction of sp³-hybridized carbons (Fsp3) is 0.750. The molecule has 1 rings (SSSR count). The van der Waals surface area contributed by atoms with Crippen molar-refractivity contribution in [2.75, 3.05) is 0 Å². The highest BCUT2D eigenvalue weighted by molar-refractivity contribution is 6.03. The number of imide groups is 1. The molecule has 1 aliphatic rings. The minimum Gasteiger partial charge on any atom is -0.296 e. The summed E-state index contributed by atoms with van der Waals surface area (Å²) in [5.74, 6) is -0.410. The number of rotatable bonds is 0. The lowest BCUT2D eigenvalue weighted by molar-refractivity contribution is -0.127. The number of carbonyl (C=O) groups excluding carboxylic acids is 2. The number of hydrogen-bond donors (Lipinski definition) is 1. The van der Waals surface area contributed by atoms with E-state index in [0.717, 1.165) is 0 Å². The molecule has 11 heavy (non-hydrogen) atoms. The molecule has 1 saturated heterocycles. The predicted molar refractivity (Wildman–Crippen MR) is 40.7 cm³/mol. The van der Waals surface area contributed by atoms with Crippen LogP contribution in [0.4, 0.5) is 0 Å². The van der Waals surface area contributed by atoms with E-state index < -0.39 is 0 Å². The summed E-state index contributed by atoms with van der Waals surface area (Å²) in [4.78, 5) is 21.9. The van der Waals surface area contributed by atoms with E-state index in [0.29, 0.717) is 6.42 Å². The van der Waals surface area contributed by atoms with E-state index in [4.69, 9.17) is 0 Å². The number of amides is 2. The van der Waals surface area contributed by atoms with Crippen molar-refractivity contribution in [3.8, 4) is 0 Å². The maximum atomic E-state index is 11.1. The topological polar surface area (TPSA) is 46.2 Å². The monoisotopic (exact) mass is 155 g/mol. The molecule has 0 saturated carbocycles. The van der Waals surface area contributed by atoms with E-state index in [1.807, 2.05) is 20.8 Å². The van der Waals surface area contributed by atoms with Gasteiger partial charge in [0, 0.05) is 6.42 Å². The third kappa shape index (κ3) is 1.59. The molecule has 0 aromatic carbocycles. The van der Waals surface area contributed by atoms with Crippen LogP contribution in [0.3, 0.4) is 0 Å². The molecule has 0 spiro atoms. The number of carbonyl (C=O) groups is 2. The van der Waals surface area contributed by atoms with Gasteiger partial charge in [-0.2, -0.15) is 0 Å². The van der Waals surface area contributed by atoms with Crippen LogP contribution in [0.15, 0.2) is 0 Å². The van der Waals surface area contributed by atoms with E-state index in [-0.39, 0.29) is 23.1 Å². The molecule has 2 amide bonds. The molecular formula is C8H13NO2. The fourth-order valence-corrected chi connectivity index (χ4v) is 1.25. The Labute approximate surface area is 66.2 Å². The lowest BCUT2D eigenvalue weighted by Gasteiger charge is -2.22. The molecular weight excluding hydrogens is 142 g/mol. The van der Waals surface area contributed by atoms with Gasteiger partial charge in [0.25, 0.3) is 0 Å². The van der Waals surface area contributed by atoms with Crippen LogP contribution in [0.1, 0.15) is 27.2 Å². The zero-order valence-electron chi connectivity index (χ0n) is 7.10. The van der Waals surface area contributed by atoms with Crippen LogP contribution in [0.25, 0.3) is 0 Å². The molecule has 1 unspecified atom stereocenters. The molecule has 1 fully saturated rings. The average molecular weight is 155 g/mol. The molecule has 0 bridgehead atoms. The normalized spacial score (nSPS) is 25.5. The van der Waals surface area contributed by atoms with Gasteiger partial charge in [-0.05, 0) is 5.41 Å². The van der Waals surface area contributed by atoms with Gasteiger partial charge in [-0.1, -0.05) is 20.8 Å². The fourth-order valence-electron chi connectivity index (χ4n) is 1.25. The van der Waals surface area contributed by atoms with Gasteiger partial charge in [0.05, 0.1) is 5.92 Å². The first-order valence-electron chi connectivity index (χ1n) is 3.75. The van der Waals surface area contributed by atoms with Crippen LogP contribution in [0.2, 0.25) is 0 Å². The van der Waals surface area contributed by atoms with Crippen molar-refractivity contribution < 1.29 is 9.59 Å². The van der Waals surface area contributed by atoms with E-state index in [9.17, 15) is 9.59 Å². The SMILES string of the molecule is CC(C)(C)C1CC(=O)NC1=O. The van der Waals surface area contributed by atoms with Gasteiger partial charge >= 0.3 is 0 Å². The minimum atomic E-state index is -0.144. The lowest BCUT2D eigenvalue weighted by Crippen LogP contribution is -2.29. The Bertz CT molecular complexity index is 203. The van der Waals surface area contributed by atoms with Crippen molar-refractivity contribution in [1.82, 2.24) is 5.32 Å². The molecule has 3 heteroatoms. The van der Waals surface area contributed by atoms with Crippen LogP contribution in [-0.2, 0) is 9.59 Å². The second-order valence-electron chi connectivity index (χ2n) is 4.04. The summed E-state index contributed by atoms with van der Waals surface area (Å²) >= 11 is 0. The summed E-state index contributed by atoms with van der Waals surface area (Å²) in [6.45, 7) is 5.90. The molecule has 0 radical (unpaired) electrons. The highest BCUT2D eigenvalue weighted by atomic mass is 16.2. The Morgan fingerprint density at radius 1 is 1.36 bits per heavy atom. The third-order valence-electron chi connectivity index (χ3n) is 2.01. The van der Waals surface area contributed by atoms with Crippen LogP contribution < -0.4 is 5.32 Å². The van der Waals surface area contributed by atoms with E-state index in [2.05, 4.69) is 5.32 Å². The first-order chi connectivity index (χ1) is 4.91. The molecule has 1 heterocycles. The summed E-state index contributed by atoms with van der Waals surface area (Å²) in [7, 11) is 0. The van der Waals surface area contributed by atoms with Crippen molar-refractivity contribution >= 4 is 11.8 Å². The first-order valence-corrected chi connectivity index (χ1v) is 3.75. The number of hydrogen-bond acceptors (Lipinski definition) is 2. The molecule has 0 aromatic rings. The molecule has 1 atom stereocenters. The maximum absolute atomic E-state index is 11.1. The van der Waals surface area contributed by atoms with Gasteiger partial charge in [-0.3, -0.25) is 14.9 Å². The first kappa shape index (κ1) is 8.24. The summed E-state index contributed by atoms with van der Waals surface area (Å²) < 4.78 is 0. The predicted octanol–water partition coefficient (Wildman–Crippen LogP) is 0.695.